The van der Waals surface area contributed by atoms with Gasteiger partial charge in [-0.3, -0.25) is 4.57 Å². The Balaban J connectivity index is 3.37. The average Bonchev–Trinajstić information content (AvgIpc) is 2.14. The molecule has 1 unspecified atom stereocenters. The van der Waals surface area contributed by atoms with Crippen LogP contribution < -0.4 is 0 Å². The van der Waals surface area contributed by atoms with Crippen LogP contribution in [0.25, 0.3) is 0 Å². The molecule has 3 nitrogen and oxygen atoms in total. The summed E-state index contributed by atoms with van der Waals surface area (Å²) < 4.78 is 20.4. The molecule has 72 valence electrons. The van der Waals surface area contributed by atoms with Gasteiger partial charge < -0.3 is 9.05 Å². The Morgan fingerprint density at radius 3 is 2.69 bits per heavy atom. The van der Waals surface area contributed by atoms with Gasteiger partial charge in [0.1, 0.15) is 0 Å². The highest BCUT2D eigenvalue weighted by Crippen LogP contribution is 2.22. The third-order valence-electron chi connectivity index (χ3n) is 1.02. The van der Waals surface area contributed by atoms with E-state index in [-0.39, 0.29) is 13.2 Å². The lowest BCUT2D eigenvalue weighted by atomic mass is 10.4. The lowest BCUT2D eigenvalue weighted by molar-refractivity contribution is 0.261. The van der Waals surface area contributed by atoms with Gasteiger partial charge in [-0.05, 0) is 0 Å². The lowest BCUT2D eigenvalue weighted by Gasteiger charge is -1.99. The molecule has 0 bridgehead atoms. The molecule has 0 fully saturated rings. The number of allylic oxidation sites excluding steroid dienone is 1. The lowest BCUT2D eigenvalue weighted by Crippen LogP contribution is -1.85. The van der Waals surface area contributed by atoms with Crippen LogP contribution in [0.2, 0.25) is 0 Å². The highest BCUT2D eigenvalue weighted by atomic mass is 31.1. The molecule has 0 aromatic heterocycles. The van der Waals surface area contributed by atoms with Crippen molar-refractivity contribution in [2.75, 3.05) is 13.2 Å². The minimum Gasteiger partial charge on any atom is -0.306 e. The van der Waals surface area contributed by atoms with E-state index in [0.29, 0.717) is 6.42 Å². The Hall–Kier alpha value is -0.810. The topological polar surface area (TPSA) is 35.5 Å². The SMILES string of the molecule is C#CCC=CCO[PH](=O)OCC=C. The fourth-order valence-corrected chi connectivity index (χ4v) is 1.07. The van der Waals surface area contributed by atoms with E-state index in [1.165, 1.54) is 6.08 Å². The first kappa shape index (κ1) is 12.2. The normalized spacial score (nSPS) is 12.5. The second-order valence-corrected chi connectivity index (χ2v) is 3.12. The minimum atomic E-state index is -2.36. The first-order valence-electron chi connectivity index (χ1n) is 3.80. The molecular weight excluding hydrogens is 187 g/mol. The van der Waals surface area contributed by atoms with Gasteiger partial charge >= 0.3 is 8.25 Å². The largest absolute Gasteiger partial charge is 0.319 e. The molecule has 0 saturated carbocycles. The van der Waals surface area contributed by atoms with Crippen molar-refractivity contribution >= 4 is 8.25 Å². The fraction of sp³-hybridized carbons (Fsp3) is 0.333. The van der Waals surface area contributed by atoms with Crippen LogP contribution in [0.4, 0.5) is 0 Å². The predicted molar refractivity (Wildman–Crippen MR) is 53.7 cm³/mol. The summed E-state index contributed by atoms with van der Waals surface area (Å²) in [6.45, 7) is 3.92. The molecule has 0 aliphatic carbocycles. The Morgan fingerprint density at radius 2 is 2.08 bits per heavy atom. The molecule has 13 heavy (non-hydrogen) atoms. The van der Waals surface area contributed by atoms with Crippen molar-refractivity contribution in [1.29, 1.82) is 0 Å². The number of hydrogen-bond acceptors (Lipinski definition) is 3. The van der Waals surface area contributed by atoms with Crippen molar-refractivity contribution in [1.82, 2.24) is 0 Å². The summed E-state index contributed by atoms with van der Waals surface area (Å²) in [5.41, 5.74) is 0. The maximum atomic E-state index is 10.9. The van der Waals surface area contributed by atoms with Gasteiger partial charge in [-0.1, -0.05) is 18.2 Å². The van der Waals surface area contributed by atoms with E-state index in [2.05, 4.69) is 12.5 Å². The van der Waals surface area contributed by atoms with Gasteiger partial charge in [-0.25, -0.2) is 0 Å². The summed E-state index contributed by atoms with van der Waals surface area (Å²) in [5.74, 6) is 2.43. The van der Waals surface area contributed by atoms with Gasteiger partial charge in [0, 0.05) is 6.42 Å². The molecule has 0 heterocycles. The smallest absolute Gasteiger partial charge is 0.306 e. The molecule has 0 radical (unpaired) electrons. The molecule has 0 saturated heterocycles. The van der Waals surface area contributed by atoms with E-state index in [1.807, 2.05) is 0 Å². The maximum Gasteiger partial charge on any atom is 0.319 e. The zero-order valence-corrected chi connectivity index (χ0v) is 8.36. The molecule has 0 aliphatic rings. The molecule has 0 rings (SSSR count). The van der Waals surface area contributed by atoms with E-state index in [4.69, 9.17) is 15.5 Å². The molecular formula is C9H13O3P. The summed E-state index contributed by atoms with van der Waals surface area (Å²) in [6.07, 6.45) is 10.5. The summed E-state index contributed by atoms with van der Waals surface area (Å²) in [4.78, 5) is 0. The highest BCUT2D eigenvalue weighted by Gasteiger charge is 1.94. The number of rotatable bonds is 7. The van der Waals surface area contributed by atoms with E-state index in [0.717, 1.165) is 0 Å². The van der Waals surface area contributed by atoms with Crippen LogP contribution in [0.5, 0.6) is 0 Å². The molecule has 0 aromatic rings. The Labute approximate surface area is 79.4 Å². The van der Waals surface area contributed by atoms with Crippen LogP contribution >= 0.6 is 8.25 Å². The van der Waals surface area contributed by atoms with E-state index < -0.39 is 8.25 Å². The maximum absolute atomic E-state index is 10.9. The Morgan fingerprint density at radius 1 is 1.38 bits per heavy atom. The van der Waals surface area contributed by atoms with Gasteiger partial charge in [-0.2, -0.15) is 0 Å². The number of terminal acetylenes is 1. The molecule has 0 N–H and O–H groups in total. The molecule has 0 aromatic carbocycles. The van der Waals surface area contributed by atoms with Gasteiger partial charge in [0.15, 0.2) is 0 Å². The van der Waals surface area contributed by atoms with Gasteiger partial charge in [0.2, 0.25) is 0 Å². The van der Waals surface area contributed by atoms with Crippen LogP contribution in [-0.4, -0.2) is 13.2 Å². The zero-order valence-electron chi connectivity index (χ0n) is 7.36. The van der Waals surface area contributed by atoms with Gasteiger partial charge in [0.05, 0.1) is 13.2 Å². The monoisotopic (exact) mass is 200 g/mol. The van der Waals surface area contributed by atoms with Crippen LogP contribution in [0.15, 0.2) is 24.8 Å². The highest BCUT2D eigenvalue weighted by molar-refractivity contribution is 7.33. The van der Waals surface area contributed by atoms with E-state index in [1.54, 1.807) is 12.2 Å². The van der Waals surface area contributed by atoms with E-state index in [9.17, 15) is 4.57 Å². The van der Waals surface area contributed by atoms with Crippen LogP contribution in [0.3, 0.4) is 0 Å². The summed E-state index contributed by atoms with van der Waals surface area (Å²) >= 11 is 0. The van der Waals surface area contributed by atoms with Crippen molar-refractivity contribution in [3.63, 3.8) is 0 Å². The third-order valence-corrected chi connectivity index (χ3v) is 1.82. The van der Waals surface area contributed by atoms with Crippen molar-refractivity contribution in [2.45, 2.75) is 6.42 Å². The first-order chi connectivity index (χ1) is 6.31. The van der Waals surface area contributed by atoms with Crippen molar-refractivity contribution < 1.29 is 13.6 Å². The third kappa shape index (κ3) is 9.10. The second kappa shape index (κ2) is 9.28. The van der Waals surface area contributed by atoms with E-state index >= 15 is 0 Å². The summed E-state index contributed by atoms with van der Waals surface area (Å²) in [5, 5.41) is 0. The van der Waals surface area contributed by atoms with Gasteiger partial charge in [-0.15, -0.1) is 18.9 Å². The second-order valence-electron chi connectivity index (χ2n) is 2.04. The first-order valence-corrected chi connectivity index (χ1v) is 5.02. The standard InChI is InChI=1S/C9H13O3P/c1-3-5-6-7-9-12-13(10)11-8-4-2/h1,4,6-7,13H,2,5,8-9H2. The van der Waals surface area contributed by atoms with Gasteiger partial charge in [0.25, 0.3) is 0 Å². The van der Waals surface area contributed by atoms with Crippen LogP contribution in [0, 0.1) is 12.3 Å². The molecule has 0 amide bonds. The van der Waals surface area contributed by atoms with Crippen molar-refractivity contribution in [3.05, 3.63) is 24.8 Å². The summed E-state index contributed by atoms with van der Waals surface area (Å²) in [6, 6.07) is 0. The van der Waals surface area contributed by atoms with Crippen molar-refractivity contribution in [3.8, 4) is 12.3 Å². The predicted octanol–water partition coefficient (Wildman–Crippen LogP) is 2.17. The molecule has 1 atom stereocenters. The number of hydrogen-bond donors (Lipinski definition) is 0. The average molecular weight is 200 g/mol. The molecule has 4 heteroatoms. The Bertz CT molecular complexity index is 228. The van der Waals surface area contributed by atoms with Crippen molar-refractivity contribution in [2.24, 2.45) is 0 Å². The summed E-state index contributed by atoms with van der Waals surface area (Å²) in [7, 11) is -2.36. The molecule has 0 spiro atoms. The zero-order chi connectivity index (χ0) is 9.94. The molecule has 0 aliphatic heterocycles. The fourth-order valence-electron chi connectivity index (χ4n) is 0.504. The quantitative estimate of drug-likeness (QED) is 0.359. The minimum absolute atomic E-state index is 0.242. The van der Waals surface area contributed by atoms with Crippen LogP contribution in [0.1, 0.15) is 6.42 Å². The Kier molecular flexibility index (Phi) is 8.70. The van der Waals surface area contributed by atoms with Crippen LogP contribution in [-0.2, 0) is 13.6 Å².